The first-order valence-electron chi connectivity index (χ1n) is 9.36. The molecule has 3 N–H and O–H groups in total. The van der Waals surface area contributed by atoms with Crippen molar-refractivity contribution in [1.29, 1.82) is 5.26 Å². The largest absolute Gasteiger partial charge is 0.382 e. The molecule has 4 aromatic rings. The van der Waals surface area contributed by atoms with Crippen LogP contribution in [0.1, 0.15) is 29.9 Å². The number of benzene rings is 2. The number of para-hydroxylation sites is 1. The molecule has 2 aromatic heterocycles. The number of nitrogens with one attached hydrogen (secondary N) is 1. The van der Waals surface area contributed by atoms with Gasteiger partial charge in [0.15, 0.2) is 0 Å². The van der Waals surface area contributed by atoms with E-state index in [1.54, 1.807) is 4.57 Å². The number of aromatic nitrogens is 4. The second-order valence-electron chi connectivity index (χ2n) is 6.88. The Balaban J connectivity index is 1.93. The van der Waals surface area contributed by atoms with E-state index in [4.69, 9.17) is 10.7 Å². The highest BCUT2D eigenvalue weighted by atomic mass is 16.1. The van der Waals surface area contributed by atoms with E-state index < -0.39 is 6.04 Å². The minimum absolute atomic E-state index is 0.0877. The number of anilines is 2. The minimum Gasteiger partial charge on any atom is -0.382 e. The van der Waals surface area contributed by atoms with Gasteiger partial charge in [-0.1, -0.05) is 30.3 Å². The van der Waals surface area contributed by atoms with Crippen LogP contribution in [0.4, 0.5) is 11.6 Å². The van der Waals surface area contributed by atoms with Crippen LogP contribution in [-0.4, -0.2) is 19.5 Å². The summed E-state index contributed by atoms with van der Waals surface area (Å²) in [6, 6.07) is 16.5. The molecule has 0 aliphatic rings. The lowest BCUT2D eigenvalue weighted by Crippen LogP contribution is -2.28. The average Bonchev–Trinajstić information content (AvgIpc) is 2.74. The van der Waals surface area contributed by atoms with Crippen LogP contribution in [0.2, 0.25) is 0 Å². The summed E-state index contributed by atoms with van der Waals surface area (Å²) in [6.45, 7) is 3.74. The molecule has 30 heavy (non-hydrogen) atoms. The van der Waals surface area contributed by atoms with E-state index in [1.807, 2.05) is 68.4 Å². The van der Waals surface area contributed by atoms with Crippen LogP contribution in [-0.2, 0) is 0 Å². The van der Waals surface area contributed by atoms with E-state index in [9.17, 15) is 10.1 Å². The van der Waals surface area contributed by atoms with Gasteiger partial charge in [-0.3, -0.25) is 9.36 Å². The van der Waals surface area contributed by atoms with Crippen molar-refractivity contribution in [3.8, 4) is 11.8 Å². The minimum atomic E-state index is -0.454. The van der Waals surface area contributed by atoms with Gasteiger partial charge >= 0.3 is 0 Å². The maximum absolute atomic E-state index is 13.5. The molecule has 0 saturated carbocycles. The van der Waals surface area contributed by atoms with Crippen LogP contribution < -0.4 is 16.6 Å². The van der Waals surface area contributed by atoms with E-state index in [1.165, 1.54) is 6.33 Å². The second kappa shape index (κ2) is 7.64. The fourth-order valence-corrected chi connectivity index (χ4v) is 3.42. The van der Waals surface area contributed by atoms with E-state index in [0.29, 0.717) is 22.4 Å². The normalized spacial score (nSPS) is 11.8. The number of rotatable bonds is 4. The van der Waals surface area contributed by atoms with Crippen molar-refractivity contribution in [2.75, 3.05) is 11.1 Å². The predicted molar refractivity (Wildman–Crippen MR) is 115 cm³/mol. The monoisotopic (exact) mass is 397 g/mol. The quantitative estimate of drug-likeness (QED) is 0.542. The van der Waals surface area contributed by atoms with Crippen molar-refractivity contribution in [3.05, 3.63) is 82.2 Å². The van der Waals surface area contributed by atoms with Gasteiger partial charge in [-0.2, -0.15) is 5.26 Å². The number of hydrogen-bond donors (Lipinski definition) is 2. The number of fused-ring (bicyclic) bond motifs is 1. The molecule has 0 amide bonds. The predicted octanol–water partition coefficient (Wildman–Crippen LogP) is 3.11. The summed E-state index contributed by atoms with van der Waals surface area (Å²) < 4.78 is 1.59. The lowest BCUT2D eigenvalue weighted by molar-refractivity contribution is 0.730. The van der Waals surface area contributed by atoms with Gasteiger partial charge in [0, 0.05) is 0 Å². The van der Waals surface area contributed by atoms with Crippen molar-refractivity contribution in [2.45, 2.75) is 19.9 Å². The van der Waals surface area contributed by atoms with Crippen LogP contribution in [0.3, 0.4) is 0 Å². The third-order valence-electron chi connectivity index (χ3n) is 4.88. The molecule has 2 heterocycles. The van der Waals surface area contributed by atoms with Crippen LogP contribution in [0.5, 0.6) is 0 Å². The van der Waals surface area contributed by atoms with Gasteiger partial charge in [0.2, 0.25) is 0 Å². The number of nitrogens with zero attached hydrogens (tertiary/aromatic N) is 5. The van der Waals surface area contributed by atoms with Crippen LogP contribution >= 0.6 is 0 Å². The maximum atomic E-state index is 13.5. The Morgan fingerprint density at radius 3 is 2.63 bits per heavy atom. The summed E-state index contributed by atoms with van der Waals surface area (Å²) in [6.07, 6.45) is 1.28. The average molecular weight is 397 g/mol. The lowest BCUT2D eigenvalue weighted by atomic mass is 10.1. The Morgan fingerprint density at radius 2 is 1.90 bits per heavy atom. The van der Waals surface area contributed by atoms with E-state index in [-0.39, 0.29) is 22.8 Å². The fraction of sp³-hybridized carbons (Fsp3) is 0.136. The number of nitriles is 1. The Kier molecular flexibility index (Phi) is 4.86. The summed E-state index contributed by atoms with van der Waals surface area (Å²) in [7, 11) is 0. The first-order chi connectivity index (χ1) is 14.5. The molecule has 0 aliphatic heterocycles. The molecule has 0 aliphatic carbocycles. The smallest absolute Gasteiger partial charge is 0.266 e. The first kappa shape index (κ1) is 19.1. The summed E-state index contributed by atoms with van der Waals surface area (Å²) >= 11 is 0. The molecule has 148 valence electrons. The zero-order valence-electron chi connectivity index (χ0n) is 16.5. The lowest BCUT2D eigenvalue weighted by Gasteiger charge is -2.21. The Morgan fingerprint density at radius 1 is 1.13 bits per heavy atom. The van der Waals surface area contributed by atoms with Gasteiger partial charge in [-0.05, 0) is 37.6 Å². The third kappa shape index (κ3) is 3.22. The van der Waals surface area contributed by atoms with Crippen molar-refractivity contribution in [2.24, 2.45) is 0 Å². The van der Waals surface area contributed by atoms with Gasteiger partial charge < -0.3 is 11.1 Å². The number of aryl methyl sites for hydroxylation is 1. The molecule has 8 nitrogen and oxygen atoms in total. The number of nitrogens with two attached hydrogens (primary N) is 1. The van der Waals surface area contributed by atoms with Crippen LogP contribution in [0, 0.1) is 18.3 Å². The molecule has 0 fully saturated rings. The SMILES string of the molecule is Cc1cccc2nc([C@@H](C)Nc3ncnc(N)c3C#N)n(-c3ccccc3)c(=O)c12. The molecule has 0 unspecified atom stereocenters. The highest BCUT2D eigenvalue weighted by Gasteiger charge is 2.20. The molecule has 2 aromatic carbocycles. The topological polar surface area (TPSA) is 123 Å². The first-order valence-corrected chi connectivity index (χ1v) is 9.36. The maximum Gasteiger partial charge on any atom is 0.266 e. The fourth-order valence-electron chi connectivity index (χ4n) is 3.42. The van der Waals surface area contributed by atoms with Gasteiger partial charge in [-0.25, -0.2) is 15.0 Å². The van der Waals surface area contributed by atoms with Crippen molar-refractivity contribution in [1.82, 2.24) is 19.5 Å². The summed E-state index contributed by atoms with van der Waals surface area (Å²) in [5, 5.41) is 13.1. The van der Waals surface area contributed by atoms with Gasteiger partial charge in [-0.15, -0.1) is 0 Å². The van der Waals surface area contributed by atoms with Crippen molar-refractivity contribution >= 4 is 22.5 Å². The zero-order valence-corrected chi connectivity index (χ0v) is 16.5. The summed E-state index contributed by atoms with van der Waals surface area (Å²) in [5.41, 5.74) is 7.96. The van der Waals surface area contributed by atoms with E-state index in [0.717, 1.165) is 5.56 Å². The summed E-state index contributed by atoms with van der Waals surface area (Å²) in [4.78, 5) is 26.3. The molecular formula is C22H19N7O. The van der Waals surface area contributed by atoms with Crippen molar-refractivity contribution in [3.63, 3.8) is 0 Å². The second-order valence-corrected chi connectivity index (χ2v) is 6.88. The van der Waals surface area contributed by atoms with Crippen LogP contribution in [0.15, 0.2) is 59.7 Å². The van der Waals surface area contributed by atoms with E-state index in [2.05, 4.69) is 15.3 Å². The number of nitrogen functional groups attached to an aromatic ring is 1. The summed E-state index contributed by atoms with van der Waals surface area (Å²) in [5.74, 6) is 0.866. The Bertz CT molecular complexity index is 1340. The number of hydrogen-bond acceptors (Lipinski definition) is 7. The zero-order chi connectivity index (χ0) is 21.3. The molecule has 0 saturated heterocycles. The van der Waals surface area contributed by atoms with Gasteiger partial charge in [0.05, 0.1) is 22.6 Å². The molecular weight excluding hydrogens is 378 g/mol. The molecule has 8 heteroatoms. The Labute approximate surface area is 172 Å². The van der Waals surface area contributed by atoms with Crippen molar-refractivity contribution < 1.29 is 0 Å². The highest BCUT2D eigenvalue weighted by Crippen LogP contribution is 2.24. The van der Waals surface area contributed by atoms with Crippen LogP contribution in [0.25, 0.3) is 16.6 Å². The molecule has 0 spiro atoms. The Hall–Kier alpha value is -4.25. The van der Waals surface area contributed by atoms with Gasteiger partial charge in [0.25, 0.3) is 5.56 Å². The van der Waals surface area contributed by atoms with Gasteiger partial charge in [0.1, 0.15) is 35.4 Å². The molecule has 1 atom stereocenters. The standard InChI is InChI=1S/C22H19N7O/c1-13-7-6-10-17-18(13)22(30)29(15-8-4-3-5-9-15)21(28-17)14(2)27-20-16(11-23)19(24)25-12-26-20/h3-10,12,14H,1-2H3,(H3,24,25,26,27)/t14-/m1/s1. The molecule has 4 rings (SSSR count). The van der Waals surface area contributed by atoms with E-state index >= 15 is 0 Å². The highest BCUT2D eigenvalue weighted by molar-refractivity contribution is 5.81. The molecule has 0 bridgehead atoms. The third-order valence-corrected chi connectivity index (χ3v) is 4.88. The molecule has 0 radical (unpaired) electrons.